The first-order valence-electron chi connectivity index (χ1n) is 22.6. The molecule has 0 atom stereocenters. The highest BCUT2D eigenvalue weighted by atomic mass is 16.6. The van der Waals surface area contributed by atoms with E-state index < -0.39 is 23.9 Å². The van der Waals surface area contributed by atoms with Gasteiger partial charge in [-0.2, -0.15) is 0 Å². The zero-order valence-corrected chi connectivity index (χ0v) is 36.9. The molecule has 336 valence electrons. The van der Waals surface area contributed by atoms with E-state index in [1.54, 1.807) is 66.7 Å². The summed E-state index contributed by atoms with van der Waals surface area (Å²) in [5, 5.41) is 0. The van der Waals surface area contributed by atoms with Gasteiger partial charge in [-0.3, -0.25) is 0 Å². The number of carbonyl (C=O) groups excluding carboxylic acids is 4. The van der Waals surface area contributed by atoms with Crippen LogP contribution < -0.4 is 28.4 Å². The first-order valence-corrected chi connectivity index (χ1v) is 22.6. The van der Waals surface area contributed by atoms with E-state index in [4.69, 9.17) is 28.4 Å². The van der Waals surface area contributed by atoms with Crippen molar-refractivity contribution >= 4 is 23.9 Å². The molecule has 0 unspecified atom stereocenters. The molecule has 0 bridgehead atoms. The molecule has 0 heterocycles. The number of unbranched alkanes of at least 4 members (excludes halogenated alkanes) is 13. The second-order valence-electron chi connectivity index (χ2n) is 15.5. The van der Waals surface area contributed by atoms with E-state index >= 15 is 0 Å². The van der Waals surface area contributed by atoms with Gasteiger partial charge in [0.1, 0.15) is 34.5 Å². The van der Waals surface area contributed by atoms with E-state index in [0.717, 1.165) is 32.1 Å². The summed E-state index contributed by atoms with van der Waals surface area (Å²) in [6, 6.07) is 31.7. The number of benzene rings is 5. The van der Waals surface area contributed by atoms with Gasteiger partial charge < -0.3 is 28.4 Å². The SMILES string of the molecule is C=CCCCCCCCCOc1ccc(C(=O)Oc2ccc(C(=O)Oc3cccc(OC(=O)c4ccc(OC(=O)c5ccc(OCCCCCCCCCC)cc5)cc4)c3)cc2)cc1. The Labute approximate surface area is 377 Å². The molecule has 64 heavy (non-hydrogen) atoms. The Morgan fingerprint density at radius 1 is 0.391 bits per heavy atom. The van der Waals surface area contributed by atoms with E-state index in [9.17, 15) is 19.2 Å². The minimum atomic E-state index is -0.663. The summed E-state index contributed by atoms with van der Waals surface area (Å²) in [6.07, 6.45) is 19.8. The smallest absolute Gasteiger partial charge is 0.343 e. The lowest BCUT2D eigenvalue weighted by molar-refractivity contribution is 0.0723. The molecule has 10 nitrogen and oxygen atoms in total. The van der Waals surface area contributed by atoms with Gasteiger partial charge in [0, 0.05) is 6.07 Å². The molecular formula is C54H60O10. The number of esters is 4. The van der Waals surface area contributed by atoms with Crippen LogP contribution in [0.3, 0.4) is 0 Å². The Balaban J connectivity index is 1.00. The zero-order valence-electron chi connectivity index (χ0n) is 36.9. The van der Waals surface area contributed by atoms with Gasteiger partial charge in [0.2, 0.25) is 0 Å². The molecule has 0 N–H and O–H groups in total. The lowest BCUT2D eigenvalue weighted by atomic mass is 10.1. The van der Waals surface area contributed by atoms with E-state index in [2.05, 4.69) is 13.5 Å². The molecule has 0 aliphatic rings. The zero-order chi connectivity index (χ0) is 45.2. The van der Waals surface area contributed by atoms with Gasteiger partial charge in [0.15, 0.2) is 0 Å². The Hall–Kier alpha value is -6.68. The van der Waals surface area contributed by atoms with Crippen LogP contribution in [0.2, 0.25) is 0 Å². The topological polar surface area (TPSA) is 124 Å². The predicted octanol–water partition coefficient (Wildman–Crippen LogP) is 13.4. The number of hydrogen-bond donors (Lipinski definition) is 0. The van der Waals surface area contributed by atoms with Crippen LogP contribution >= 0.6 is 0 Å². The number of hydrogen-bond acceptors (Lipinski definition) is 10. The maximum Gasteiger partial charge on any atom is 0.343 e. The van der Waals surface area contributed by atoms with Crippen LogP contribution in [0.15, 0.2) is 134 Å². The summed E-state index contributed by atoms with van der Waals surface area (Å²) in [6.45, 7) is 7.24. The van der Waals surface area contributed by atoms with Gasteiger partial charge in [-0.25, -0.2) is 19.2 Å². The molecule has 5 rings (SSSR count). The highest BCUT2D eigenvalue weighted by Crippen LogP contribution is 2.24. The number of carbonyl (C=O) groups is 4. The third-order valence-electron chi connectivity index (χ3n) is 10.3. The molecule has 0 amide bonds. The maximum absolute atomic E-state index is 12.9. The molecule has 10 heteroatoms. The summed E-state index contributed by atoms with van der Waals surface area (Å²) in [5.74, 6) is -0.205. The quantitative estimate of drug-likeness (QED) is 0.0208. The van der Waals surface area contributed by atoms with Gasteiger partial charge in [-0.05, 0) is 135 Å². The van der Waals surface area contributed by atoms with Crippen LogP contribution in [0.5, 0.6) is 34.5 Å². The number of ether oxygens (including phenoxy) is 6. The van der Waals surface area contributed by atoms with Crippen LogP contribution in [0.1, 0.15) is 145 Å². The van der Waals surface area contributed by atoms with Crippen molar-refractivity contribution in [1.82, 2.24) is 0 Å². The van der Waals surface area contributed by atoms with Gasteiger partial charge in [-0.1, -0.05) is 89.7 Å². The maximum atomic E-state index is 12.9. The molecule has 0 radical (unpaired) electrons. The summed E-state index contributed by atoms with van der Waals surface area (Å²) in [7, 11) is 0. The lowest BCUT2D eigenvalue weighted by Gasteiger charge is -2.09. The third-order valence-corrected chi connectivity index (χ3v) is 10.3. The molecule has 5 aromatic carbocycles. The van der Waals surface area contributed by atoms with E-state index in [-0.39, 0.29) is 34.1 Å². The highest BCUT2D eigenvalue weighted by Gasteiger charge is 2.15. The average Bonchev–Trinajstić information content (AvgIpc) is 3.31. The number of allylic oxidation sites excluding steroid dienone is 1. The van der Waals surface area contributed by atoms with Gasteiger partial charge >= 0.3 is 23.9 Å². The van der Waals surface area contributed by atoms with E-state index in [0.29, 0.717) is 35.8 Å². The van der Waals surface area contributed by atoms with Crippen LogP contribution in [-0.4, -0.2) is 37.1 Å². The first kappa shape index (κ1) is 48.4. The van der Waals surface area contributed by atoms with Crippen LogP contribution in [0.25, 0.3) is 0 Å². The van der Waals surface area contributed by atoms with Crippen molar-refractivity contribution in [2.45, 2.75) is 103 Å². The van der Waals surface area contributed by atoms with Crippen molar-refractivity contribution in [2.75, 3.05) is 13.2 Å². The van der Waals surface area contributed by atoms with Crippen LogP contribution in [0, 0.1) is 0 Å². The monoisotopic (exact) mass is 868 g/mol. The molecule has 5 aromatic rings. The highest BCUT2D eigenvalue weighted by molar-refractivity contribution is 5.94. The normalized spacial score (nSPS) is 10.7. The fourth-order valence-corrected chi connectivity index (χ4v) is 6.67. The summed E-state index contributed by atoms with van der Waals surface area (Å²) in [5.41, 5.74) is 1.16. The second kappa shape index (κ2) is 27.4. The molecule has 0 aliphatic heterocycles. The number of rotatable bonds is 28. The van der Waals surface area contributed by atoms with Gasteiger partial charge in [0.05, 0.1) is 35.5 Å². The first-order chi connectivity index (χ1) is 31.3. The summed E-state index contributed by atoms with van der Waals surface area (Å²) < 4.78 is 33.7. The molecule has 0 saturated heterocycles. The van der Waals surface area contributed by atoms with Crippen molar-refractivity contribution in [1.29, 1.82) is 0 Å². The molecule has 0 spiro atoms. The minimum Gasteiger partial charge on any atom is -0.494 e. The van der Waals surface area contributed by atoms with Crippen LogP contribution in [0.4, 0.5) is 0 Å². The van der Waals surface area contributed by atoms with E-state index in [1.165, 1.54) is 119 Å². The summed E-state index contributed by atoms with van der Waals surface area (Å²) >= 11 is 0. The molecule has 0 aromatic heterocycles. The minimum absolute atomic E-state index is 0.151. The Morgan fingerprint density at radius 2 is 0.703 bits per heavy atom. The van der Waals surface area contributed by atoms with Gasteiger partial charge in [0.25, 0.3) is 0 Å². The summed E-state index contributed by atoms with van der Waals surface area (Å²) in [4.78, 5) is 51.4. The van der Waals surface area contributed by atoms with Crippen molar-refractivity contribution in [3.8, 4) is 34.5 Å². The fourth-order valence-electron chi connectivity index (χ4n) is 6.67. The predicted molar refractivity (Wildman–Crippen MR) is 248 cm³/mol. The third kappa shape index (κ3) is 17.2. The largest absolute Gasteiger partial charge is 0.494 e. The fraction of sp³-hybridized carbons (Fsp3) is 0.333. The van der Waals surface area contributed by atoms with Gasteiger partial charge in [-0.15, -0.1) is 6.58 Å². The molecule has 0 aliphatic carbocycles. The molecule has 0 fully saturated rings. The van der Waals surface area contributed by atoms with E-state index in [1.807, 2.05) is 6.08 Å². The van der Waals surface area contributed by atoms with Crippen molar-refractivity contribution in [2.24, 2.45) is 0 Å². The van der Waals surface area contributed by atoms with Crippen molar-refractivity contribution in [3.05, 3.63) is 156 Å². The Kier molecular flexibility index (Phi) is 20.7. The molecule has 0 saturated carbocycles. The second-order valence-corrected chi connectivity index (χ2v) is 15.5. The Bertz CT molecular complexity index is 2190. The van der Waals surface area contributed by atoms with Crippen molar-refractivity contribution < 1.29 is 47.6 Å². The Morgan fingerprint density at radius 3 is 1.06 bits per heavy atom. The van der Waals surface area contributed by atoms with Crippen LogP contribution in [-0.2, 0) is 0 Å². The van der Waals surface area contributed by atoms with Crippen molar-refractivity contribution in [3.63, 3.8) is 0 Å². The molecular weight excluding hydrogens is 809 g/mol. The standard InChI is InChI=1S/C54H60O10/c1-3-5-7-9-11-13-15-17-38-59-45-30-22-41(23-31-45)51(55)61-47-34-26-43(27-35-47)53(57)63-49-20-19-21-50(40-49)64-54(58)44-28-36-48(37-29-44)62-52(56)42-24-32-46(33-25-42)60-39-18-16-14-12-10-8-6-4-2/h3,19-37,40H,1,4-18,38-39H2,2H3. The lowest BCUT2D eigenvalue weighted by Crippen LogP contribution is -2.11. The average molecular weight is 869 g/mol.